The van der Waals surface area contributed by atoms with E-state index < -0.39 is 4.92 Å². The van der Waals surface area contributed by atoms with E-state index in [4.69, 9.17) is 0 Å². The largest absolute Gasteiger partial charge is 0.344 e. The molecule has 22 heavy (non-hydrogen) atoms. The van der Waals surface area contributed by atoms with Gasteiger partial charge in [-0.2, -0.15) is 0 Å². The first-order valence-corrected chi connectivity index (χ1v) is 6.70. The van der Waals surface area contributed by atoms with Crippen LogP contribution in [0.3, 0.4) is 0 Å². The normalized spacial score (nSPS) is 12.0. The summed E-state index contributed by atoms with van der Waals surface area (Å²) in [4.78, 5) is 26.1. The van der Waals surface area contributed by atoms with Crippen LogP contribution in [-0.4, -0.2) is 15.8 Å². The van der Waals surface area contributed by atoms with Gasteiger partial charge in [0.2, 0.25) is 5.91 Å². The van der Waals surface area contributed by atoms with Gasteiger partial charge in [-0.05, 0) is 42.8 Å². The van der Waals surface area contributed by atoms with E-state index in [1.54, 1.807) is 24.4 Å². The summed E-state index contributed by atoms with van der Waals surface area (Å²) in [5.41, 5.74) is 1.51. The van der Waals surface area contributed by atoms with E-state index in [-0.39, 0.29) is 17.6 Å². The molecule has 1 N–H and O–H groups in total. The van der Waals surface area contributed by atoms with Crippen LogP contribution in [0.5, 0.6) is 0 Å². The van der Waals surface area contributed by atoms with E-state index in [9.17, 15) is 14.9 Å². The fourth-order valence-electron chi connectivity index (χ4n) is 1.85. The zero-order chi connectivity index (χ0) is 15.9. The molecule has 1 aromatic heterocycles. The molecule has 1 atom stereocenters. The highest BCUT2D eigenvalue weighted by molar-refractivity contribution is 5.91. The second kappa shape index (κ2) is 7.12. The number of nitro benzene ring substituents is 1. The van der Waals surface area contributed by atoms with Crippen LogP contribution in [-0.2, 0) is 4.79 Å². The van der Waals surface area contributed by atoms with Gasteiger partial charge in [-0.1, -0.05) is 6.07 Å². The van der Waals surface area contributed by atoms with Crippen molar-refractivity contribution >= 4 is 17.7 Å². The summed E-state index contributed by atoms with van der Waals surface area (Å²) in [6, 6.07) is 11.3. The van der Waals surface area contributed by atoms with Crippen molar-refractivity contribution in [1.29, 1.82) is 0 Å². The number of hydrogen-bond acceptors (Lipinski definition) is 4. The summed E-state index contributed by atoms with van der Waals surface area (Å²) in [6.07, 6.45) is 4.66. The summed E-state index contributed by atoms with van der Waals surface area (Å²) in [5, 5.41) is 13.4. The van der Waals surface area contributed by atoms with Crippen LogP contribution in [0.4, 0.5) is 5.69 Å². The number of benzene rings is 1. The lowest BCUT2D eigenvalue weighted by atomic mass is 10.2. The highest BCUT2D eigenvalue weighted by Crippen LogP contribution is 2.13. The van der Waals surface area contributed by atoms with Gasteiger partial charge in [-0.15, -0.1) is 0 Å². The molecular weight excluding hydrogens is 282 g/mol. The quantitative estimate of drug-likeness (QED) is 0.522. The Morgan fingerprint density at radius 1 is 1.27 bits per heavy atom. The van der Waals surface area contributed by atoms with Crippen LogP contribution in [0.15, 0.2) is 54.7 Å². The van der Waals surface area contributed by atoms with Crippen molar-refractivity contribution in [2.75, 3.05) is 0 Å². The van der Waals surface area contributed by atoms with Crippen molar-refractivity contribution in [2.24, 2.45) is 0 Å². The van der Waals surface area contributed by atoms with Gasteiger partial charge in [0.05, 0.1) is 16.7 Å². The zero-order valence-electron chi connectivity index (χ0n) is 12.0. The molecule has 0 saturated carbocycles. The molecule has 1 heterocycles. The smallest absolute Gasteiger partial charge is 0.269 e. The fourth-order valence-corrected chi connectivity index (χ4v) is 1.85. The Hall–Kier alpha value is -3.02. The van der Waals surface area contributed by atoms with Crippen LogP contribution in [0.25, 0.3) is 6.08 Å². The molecule has 0 spiro atoms. The SMILES string of the molecule is CC(NC(=O)/C=C/c1ccc([N+](=O)[O-])cc1)c1ccccn1. The maximum absolute atomic E-state index is 11.8. The maximum Gasteiger partial charge on any atom is 0.269 e. The number of aromatic nitrogens is 1. The number of rotatable bonds is 5. The van der Waals surface area contributed by atoms with Gasteiger partial charge in [0.1, 0.15) is 0 Å². The van der Waals surface area contributed by atoms with Crippen molar-refractivity contribution in [2.45, 2.75) is 13.0 Å². The second-order valence-corrected chi connectivity index (χ2v) is 4.67. The Bertz CT molecular complexity index is 682. The van der Waals surface area contributed by atoms with E-state index in [1.807, 2.05) is 25.1 Å². The second-order valence-electron chi connectivity index (χ2n) is 4.67. The maximum atomic E-state index is 11.8. The number of nitro groups is 1. The summed E-state index contributed by atoms with van der Waals surface area (Å²) >= 11 is 0. The number of amides is 1. The third-order valence-corrected chi connectivity index (χ3v) is 3.02. The number of carbonyl (C=O) groups excluding carboxylic acids is 1. The van der Waals surface area contributed by atoms with Gasteiger partial charge in [-0.25, -0.2) is 0 Å². The van der Waals surface area contributed by atoms with Gasteiger partial charge in [0, 0.05) is 24.4 Å². The Kier molecular flexibility index (Phi) is 4.98. The minimum atomic E-state index is -0.464. The van der Waals surface area contributed by atoms with Crippen LogP contribution in [0.2, 0.25) is 0 Å². The number of non-ortho nitro benzene ring substituents is 1. The molecule has 1 aromatic carbocycles. The molecule has 1 unspecified atom stereocenters. The Morgan fingerprint density at radius 2 is 2.00 bits per heavy atom. The lowest BCUT2D eigenvalue weighted by Gasteiger charge is -2.11. The van der Waals surface area contributed by atoms with E-state index in [0.717, 1.165) is 5.69 Å². The third-order valence-electron chi connectivity index (χ3n) is 3.02. The molecule has 112 valence electrons. The Morgan fingerprint density at radius 3 is 2.59 bits per heavy atom. The molecule has 0 aliphatic carbocycles. The molecule has 6 nitrogen and oxygen atoms in total. The molecule has 0 fully saturated rings. The molecule has 0 bridgehead atoms. The van der Waals surface area contributed by atoms with Crippen LogP contribution >= 0.6 is 0 Å². The van der Waals surface area contributed by atoms with Crippen molar-refractivity contribution in [3.63, 3.8) is 0 Å². The molecular formula is C16H15N3O3. The Balaban J connectivity index is 1.95. The first kappa shape index (κ1) is 15.4. The predicted molar refractivity (Wildman–Crippen MR) is 82.9 cm³/mol. The van der Waals surface area contributed by atoms with Crippen molar-refractivity contribution < 1.29 is 9.72 Å². The molecule has 0 aliphatic rings. The number of hydrogen-bond donors (Lipinski definition) is 1. The summed E-state index contributed by atoms with van der Waals surface area (Å²) in [6.45, 7) is 1.85. The molecule has 0 radical (unpaired) electrons. The standard InChI is InChI=1S/C16H15N3O3/c1-12(15-4-2-3-11-17-15)18-16(20)10-7-13-5-8-14(9-6-13)19(21)22/h2-12H,1H3,(H,18,20)/b10-7+. The predicted octanol–water partition coefficient (Wildman–Crippen LogP) is 2.88. The molecule has 6 heteroatoms. The molecule has 0 aliphatic heterocycles. The Labute approximate surface area is 127 Å². The lowest BCUT2D eigenvalue weighted by Crippen LogP contribution is -2.25. The average molecular weight is 297 g/mol. The summed E-state index contributed by atoms with van der Waals surface area (Å²) in [5.74, 6) is -0.253. The van der Waals surface area contributed by atoms with Gasteiger partial charge in [-0.3, -0.25) is 19.9 Å². The first-order chi connectivity index (χ1) is 10.6. The fraction of sp³-hybridized carbons (Fsp3) is 0.125. The van der Waals surface area contributed by atoms with Crippen molar-refractivity contribution in [1.82, 2.24) is 10.3 Å². The third kappa shape index (κ3) is 4.24. The number of carbonyl (C=O) groups is 1. The van der Waals surface area contributed by atoms with Gasteiger partial charge < -0.3 is 5.32 Å². The molecule has 2 rings (SSSR count). The highest BCUT2D eigenvalue weighted by Gasteiger charge is 2.08. The summed E-state index contributed by atoms with van der Waals surface area (Å²) < 4.78 is 0. The lowest BCUT2D eigenvalue weighted by molar-refractivity contribution is -0.384. The average Bonchev–Trinajstić information content (AvgIpc) is 2.54. The number of pyridine rings is 1. The number of nitrogens with one attached hydrogen (secondary N) is 1. The topological polar surface area (TPSA) is 85.1 Å². The van der Waals surface area contributed by atoms with Crippen molar-refractivity contribution in [3.05, 3.63) is 76.1 Å². The van der Waals surface area contributed by atoms with Crippen molar-refractivity contribution in [3.8, 4) is 0 Å². The van der Waals surface area contributed by atoms with Crippen LogP contribution < -0.4 is 5.32 Å². The van der Waals surface area contributed by atoms with E-state index in [1.165, 1.54) is 18.2 Å². The van der Waals surface area contributed by atoms with Gasteiger partial charge in [0.25, 0.3) is 5.69 Å². The van der Waals surface area contributed by atoms with Gasteiger partial charge in [0.15, 0.2) is 0 Å². The highest BCUT2D eigenvalue weighted by atomic mass is 16.6. The van der Waals surface area contributed by atoms with Crippen LogP contribution in [0, 0.1) is 10.1 Å². The van der Waals surface area contributed by atoms with E-state index >= 15 is 0 Å². The minimum absolute atomic E-state index is 0.0189. The molecule has 2 aromatic rings. The van der Waals surface area contributed by atoms with E-state index in [2.05, 4.69) is 10.3 Å². The van der Waals surface area contributed by atoms with E-state index in [0.29, 0.717) is 5.56 Å². The molecule has 0 saturated heterocycles. The minimum Gasteiger partial charge on any atom is -0.344 e. The number of nitrogens with zero attached hydrogens (tertiary/aromatic N) is 2. The monoisotopic (exact) mass is 297 g/mol. The van der Waals surface area contributed by atoms with Gasteiger partial charge >= 0.3 is 0 Å². The molecule has 1 amide bonds. The zero-order valence-corrected chi connectivity index (χ0v) is 12.0. The van der Waals surface area contributed by atoms with Crippen LogP contribution in [0.1, 0.15) is 24.2 Å². The first-order valence-electron chi connectivity index (χ1n) is 6.70. The summed E-state index contributed by atoms with van der Waals surface area (Å²) in [7, 11) is 0.